The highest BCUT2D eigenvalue weighted by atomic mass is 32.2. The molecular formula is C18H20N2O3S. The first-order valence-corrected chi connectivity index (χ1v) is 10.0. The van der Waals surface area contributed by atoms with Gasteiger partial charge in [0.05, 0.1) is 23.4 Å². The Morgan fingerprint density at radius 1 is 1.12 bits per heavy atom. The fourth-order valence-electron chi connectivity index (χ4n) is 3.50. The maximum atomic E-state index is 11.5. The number of ether oxygens (including phenoxy) is 1. The average Bonchev–Trinajstić information content (AvgIpc) is 3.00. The van der Waals surface area contributed by atoms with E-state index in [1.807, 2.05) is 12.1 Å². The predicted molar refractivity (Wildman–Crippen MR) is 91.6 cm³/mol. The second kappa shape index (κ2) is 5.86. The van der Waals surface area contributed by atoms with Crippen molar-refractivity contribution in [3.63, 3.8) is 0 Å². The van der Waals surface area contributed by atoms with Crippen molar-refractivity contribution in [2.24, 2.45) is 17.8 Å². The summed E-state index contributed by atoms with van der Waals surface area (Å²) in [5, 5.41) is 3.38. The van der Waals surface area contributed by atoms with Crippen molar-refractivity contribution in [2.45, 2.75) is 4.90 Å². The van der Waals surface area contributed by atoms with E-state index in [2.05, 4.69) is 10.3 Å². The summed E-state index contributed by atoms with van der Waals surface area (Å²) < 4.78 is 28.8. The van der Waals surface area contributed by atoms with Crippen LogP contribution in [0.3, 0.4) is 0 Å². The average molecular weight is 344 g/mol. The lowest BCUT2D eigenvalue weighted by molar-refractivity contribution is 0.279. The van der Waals surface area contributed by atoms with E-state index < -0.39 is 9.84 Å². The zero-order valence-electron chi connectivity index (χ0n) is 13.5. The molecule has 1 aromatic heterocycles. The molecule has 1 aromatic carbocycles. The van der Waals surface area contributed by atoms with E-state index in [-0.39, 0.29) is 0 Å². The molecule has 2 aromatic rings. The number of benzene rings is 1. The molecule has 2 aliphatic rings. The number of rotatable bonds is 5. The molecule has 6 heteroatoms. The number of nitrogens with zero attached hydrogens (tertiary/aromatic N) is 1. The monoisotopic (exact) mass is 344 g/mol. The Balaban J connectivity index is 1.40. The summed E-state index contributed by atoms with van der Waals surface area (Å²) in [4.78, 5) is 4.74. The molecule has 0 radical (unpaired) electrons. The molecular weight excluding hydrogens is 324 g/mol. The molecule has 1 aliphatic heterocycles. The third-order valence-corrected chi connectivity index (χ3v) is 6.15. The van der Waals surface area contributed by atoms with Gasteiger partial charge in [0.1, 0.15) is 5.75 Å². The molecule has 4 rings (SSSR count). The molecule has 1 saturated heterocycles. The Bertz CT molecular complexity index is 822. The largest absolute Gasteiger partial charge is 0.492 e. The van der Waals surface area contributed by atoms with Crippen LogP contribution in [0.25, 0.3) is 11.3 Å². The van der Waals surface area contributed by atoms with Crippen molar-refractivity contribution in [3.8, 4) is 17.0 Å². The minimum atomic E-state index is -3.17. The summed E-state index contributed by atoms with van der Waals surface area (Å²) in [5.74, 6) is 3.06. The topological polar surface area (TPSA) is 68.3 Å². The molecule has 2 fully saturated rings. The molecule has 2 unspecified atom stereocenters. The van der Waals surface area contributed by atoms with Gasteiger partial charge in [-0.1, -0.05) is 12.1 Å². The number of fused-ring (bicyclic) bond motifs is 1. The van der Waals surface area contributed by atoms with Crippen LogP contribution in [-0.4, -0.2) is 39.4 Å². The van der Waals surface area contributed by atoms with Gasteiger partial charge in [-0.2, -0.15) is 0 Å². The van der Waals surface area contributed by atoms with Gasteiger partial charge in [0.15, 0.2) is 9.84 Å². The molecule has 5 nitrogen and oxygen atoms in total. The van der Waals surface area contributed by atoms with Gasteiger partial charge in [0.25, 0.3) is 0 Å². The summed E-state index contributed by atoms with van der Waals surface area (Å²) in [5.41, 5.74) is 1.69. The van der Waals surface area contributed by atoms with E-state index >= 15 is 0 Å². The van der Waals surface area contributed by atoms with Crippen LogP contribution in [0, 0.1) is 17.8 Å². The minimum absolute atomic E-state index is 0.315. The standard InChI is InChI=1S/C18H20N2O3S/c1-24(21,22)14-5-2-12(3-6-14)18-7-4-13(8-20-18)23-11-17-15-9-19-10-16(15)17/h2-8,15-17,19H,9-11H2,1H3/t15-,16?,17?/m1/s1. The first-order valence-electron chi connectivity index (χ1n) is 8.12. The van der Waals surface area contributed by atoms with E-state index in [1.54, 1.807) is 30.5 Å². The van der Waals surface area contributed by atoms with E-state index in [1.165, 1.54) is 6.26 Å². The van der Waals surface area contributed by atoms with Crippen molar-refractivity contribution in [3.05, 3.63) is 42.6 Å². The summed E-state index contributed by atoms with van der Waals surface area (Å²) in [7, 11) is -3.17. The van der Waals surface area contributed by atoms with Gasteiger partial charge in [0.2, 0.25) is 0 Å². The molecule has 1 aliphatic carbocycles. The Kier molecular flexibility index (Phi) is 3.81. The van der Waals surface area contributed by atoms with Crippen LogP contribution in [0.1, 0.15) is 0 Å². The van der Waals surface area contributed by atoms with Gasteiger partial charge in [-0.25, -0.2) is 8.42 Å². The van der Waals surface area contributed by atoms with Crippen LogP contribution >= 0.6 is 0 Å². The van der Waals surface area contributed by atoms with Crippen LogP contribution < -0.4 is 10.1 Å². The number of pyridine rings is 1. The highest BCUT2D eigenvalue weighted by Gasteiger charge is 2.52. The van der Waals surface area contributed by atoms with E-state index in [0.29, 0.717) is 10.8 Å². The van der Waals surface area contributed by atoms with E-state index in [4.69, 9.17) is 4.74 Å². The van der Waals surface area contributed by atoms with Crippen LogP contribution in [0.15, 0.2) is 47.5 Å². The van der Waals surface area contributed by atoms with Crippen LogP contribution in [0.4, 0.5) is 0 Å². The normalized spacial score (nSPS) is 25.3. The van der Waals surface area contributed by atoms with Crippen molar-refractivity contribution in [1.82, 2.24) is 10.3 Å². The second-order valence-corrected chi connectivity index (χ2v) is 8.65. The minimum Gasteiger partial charge on any atom is -0.492 e. The molecule has 1 N–H and O–H groups in total. The van der Waals surface area contributed by atoms with Crippen molar-refractivity contribution in [2.75, 3.05) is 26.0 Å². The molecule has 3 atom stereocenters. The van der Waals surface area contributed by atoms with E-state index in [0.717, 1.165) is 48.5 Å². The van der Waals surface area contributed by atoms with Gasteiger partial charge < -0.3 is 10.1 Å². The molecule has 0 amide bonds. The molecule has 1 saturated carbocycles. The number of aromatic nitrogens is 1. The third kappa shape index (κ3) is 3.03. The lowest BCUT2D eigenvalue weighted by atomic mass is 10.1. The molecule has 0 bridgehead atoms. The zero-order valence-corrected chi connectivity index (χ0v) is 14.3. The van der Waals surface area contributed by atoms with E-state index in [9.17, 15) is 8.42 Å². The fraction of sp³-hybridized carbons (Fsp3) is 0.389. The number of hydrogen-bond acceptors (Lipinski definition) is 5. The van der Waals surface area contributed by atoms with Gasteiger partial charge >= 0.3 is 0 Å². The molecule has 0 spiro atoms. The molecule has 126 valence electrons. The Labute approximate surface area is 142 Å². The predicted octanol–water partition coefficient (Wildman–Crippen LogP) is 2.00. The number of hydrogen-bond donors (Lipinski definition) is 1. The summed E-state index contributed by atoms with van der Waals surface area (Å²) >= 11 is 0. The zero-order chi connectivity index (χ0) is 16.7. The maximum absolute atomic E-state index is 11.5. The first kappa shape index (κ1) is 15.6. The maximum Gasteiger partial charge on any atom is 0.175 e. The Hall–Kier alpha value is -1.92. The quantitative estimate of drug-likeness (QED) is 0.898. The lowest BCUT2D eigenvalue weighted by Gasteiger charge is -2.08. The summed E-state index contributed by atoms with van der Waals surface area (Å²) in [6, 6.07) is 10.6. The lowest BCUT2D eigenvalue weighted by Crippen LogP contribution is -2.17. The fourth-order valence-corrected chi connectivity index (χ4v) is 4.13. The van der Waals surface area contributed by atoms with Crippen molar-refractivity contribution in [1.29, 1.82) is 0 Å². The number of sulfone groups is 1. The van der Waals surface area contributed by atoms with Crippen molar-refractivity contribution < 1.29 is 13.2 Å². The second-order valence-electron chi connectivity index (χ2n) is 6.64. The van der Waals surface area contributed by atoms with Crippen LogP contribution in [0.2, 0.25) is 0 Å². The van der Waals surface area contributed by atoms with Gasteiger partial charge in [0, 0.05) is 17.7 Å². The third-order valence-electron chi connectivity index (χ3n) is 5.03. The van der Waals surface area contributed by atoms with Gasteiger partial charge in [-0.05, 0) is 49.2 Å². The van der Waals surface area contributed by atoms with Gasteiger partial charge in [-0.3, -0.25) is 4.98 Å². The first-order chi connectivity index (χ1) is 11.5. The molecule has 2 heterocycles. The summed E-state index contributed by atoms with van der Waals surface area (Å²) in [6.45, 7) is 3.01. The SMILES string of the molecule is CS(=O)(=O)c1ccc(-c2ccc(OCC3C4CNC[C@H]43)cn2)cc1. The van der Waals surface area contributed by atoms with Crippen LogP contribution in [-0.2, 0) is 9.84 Å². The smallest absolute Gasteiger partial charge is 0.175 e. The van der Waals surface area contributed by atoms with Gasteiger partial charge in [-0.15, -0.1) is 0 Å². The van der Waals surface area contributed by atoms with Crippen LogP contribution in [0.5, 0.6) is 5.75 Å². The highest BCUT2D eigenvalue weighted by Crippen LogP contribution is 2.48. The Morgan fingerprint density at radius 3 is 2.42 bits per heavy atom. The molecule has 24 heavy (non-hydrogen) atoms. The summed E-state index contributed by atoms with van der Waals surface area (Å²) in [6.07, 6.45) is 2.94. The van der Waals surface area contributed by atoms with Crippen molar-refractivity contribution >= 4 is 9.84 Å². The number of piperidine rings is 1. The number of nitrogens with one attached hydrogen (secondary N) is 1. The highest BCUT2D eigenvalue weighted by molar-refractivity contribution is 7.90. The Morgan fingerprint density at radius 2 is 1.83 bits per heavy atom.